The molecule has 1 N–H and O–H groups in total. The van der Waals surface area contributed by atoms with Crippen LogP contribution in [0.5, 0.6) is 0 Å². The third kappa shape index (κ3) is 2.40. The van der Waals surface area contributed by atoms with Crippen molar-refractivity contribution in [1.29, 1.82) is 0 Å². The lowest BCUT2D eigenvalue weighted by atomic mass is 10.0. The molecule has 0 radical (unpaired) electrons. The number of benzene rings is 1. The Morgan fingerprint density at radius 3 is 2.95 bits per heavy atom. The molecule has 0 fully saturated rings. The predicted molar refractivity (Wildman–Crippen MR) is 72.9 cm³/mol. The van der Waals surface area contributed by atoms with Gasteiger partial charge in [-0.15, -0.1) is 0 Å². The SMILES string of the molecule is CNCc1cc(F)cc(-n2cnc3c2CCCC3)c1. The first kappa shape index (κ1) is 12.4. The minimum absolute atomic E-state index is 0.194. The van der Waals surface area contributed by atoms with Gasteiger partial charge in [0.25, 0.3) is 0 Å². The molecule has 0 spiro atoms. The average Bonchev–Trinajstić information content (AvgIpc) is 2.82. The summed E-state index contributed by atoms with van der Waals surface area (Å²) in [7, 11) is 1.86. The van der Waals surface area contributed by atoms with E-state index in [1.54, 1.807) is 12.1 Å². The van der Waals surface area contributed by atoms with Crippen molar-refractivity contribution in [3.8, 4) is 5.69 Å². The second-order valence-corrected chi connectivity index (χ2v) is 5.06. The summed E-state index contributed by atoms with van der Waals surface area (Å²) in [4.78, 5) is 4.46. The summed E-state index contributed by atoms with van der Waals surface area (Å²) < 4.78 is 15.8. The number of nitrogens with zero attached hydrogens (tertiary/aromatic N) is 2. The Labute approximate surface area is 112 Å². The standard InChI is InChI=1S/C15H18FN3/c1-17-9-11-6-12(16)8-13(7-11)19-10-18-14-4-2-3-5-15(14)19/h6-8,10,17H,2-5,9H2,1H3. The lowest BCUT2D eigenvalue weighted by Crippen LogP contribution is -2.09. The van der Waals surface area contributed by atoms with Crippen molar-refractivity contribution in [2.75, 3.05) is 7.05 Å². The number of imidazole rings is 1. The van der Waals surface area contributed by atoms with Crippen LogP contribution in [0.2, 0.25) is 0 Å². The summed E-state index contributed by atoms with van der Waals surface area (Å²) in [5.41, 5.74) is 4.24. The number of rotatable bonds is 3. The van der Waals surface area contributed by atoms with Crippen LogP contribution in [0.25, 0.3) is 5.69 Å². The van der Waals surface area contributed by atoms with Crippen LogP contribution in [0.15, 0.2) is 24.5 Å². The molecule has 0 bridgehead atoms. The third-order valence-electron chi connectivity index (χ3n) is 3.63. The van der Waals surface area contributed by atoms with E-state index >= 15 is 0 Å². The number of nitrogens with one attached hydrogen (secondary N) is 1. The zero-order chi connectivity index (χ0) is 13.2. The average molecular weight is 259 g/mol. The number of hydrogen-bond acceptors (Lipinski definition) is 2. The van der Waals surface area contributed by atoms with E-state index in [4.69, 9.17) is 0 Å². The largest absolute Gasteiger partial charge is 0.316 e. The van der Waals surface area contributed by atoms with Crippen molar-refractivity contribution in [2.24, 2.45) is 0 Å². The van der Waals surface area contributed by atoms with Crippen LogP contribution < -0.4 is 5.32 Å². The molecule has 3 nitrogen and oxygen atoms in total. The maximum absolute atomic E-state index is 13.7. The molecule has 0 saturated carbocycles. The van der Waals surface area contributed by atoms with E-state index < -0.39 is 0 Å². The maximum Gasteiger partial charge on any atom is 0.125 e. The summed E-state index contributed by atoms with van der Waals surface area (Å²) in [5.74, 6) is -0.194. The zero-order valence-electron chi connectivity index (χ0n) is 11.1. The molecule has 1 aliphatic rings. The van der Waals surface area contributed by atoms with Gasteiger partial charge >= 0.3 is 0 Å². The van der Waals surface area contributed by atoms with E-state index in [1.165, 1.54) is 24.2 Å². The van der Waals surface area contributed by atoms with Crippen LogP contribution in [0, 0.1) is 5.82 Å². The normalized spacial score (nSPS) is 14.4. The molecule has 0 unspecified atom stereocenters. The van der Waals surface area contributed by atoms with Crippen molar-refractivity contribution in [1.82, 2.24) is 14.9 Å². The molecule has 19 heavy (non-hydrogen) atoms. The smallest absolute Gasteiger partial charge is 0.125 e. The molecule has 1 aromatic heterocycles. The van der Waals surface area contributed by atoms with E-state index in [9.17, 15) is 4.39 Å². The van der Waals surface area contributed by atoms with Gasteiger partial charge in [0.15, 0.2) is 0 Å². The van der Waals surface area contributed by atoms with Crippen LogP contribution in [0.4, 0.5) is 4.39 Å². The molecule has 1 aliphatic carbocycles. The van der Waals surface area contributed by atoms with E-state index in [0.717, 1.165) is 24.1 Å². The van der Waals surface area contributed by atoms with Crippen molar-refractivity contribution in [3.63, 3.8) is 0 Å². The predicted octanol–water partition coefficient (Wildman–Crippen LogP) is 2.61. The summed E-state index contributed by atoms with van der Waals surface area (Å²) in [6, 6.07) is 5.18. The van der Waals surface area contributed by atoms with Crippen LogP contribution in [0.1, 0.15) is 29.8 Å². The minimum atomic E-state index is -0.194. The van der Waals surface area contributed by atoms with Crippen molar-refractivity contribution >= 4 is 0 Å². The molecule has 3 rings (SSSR count). The Morgan fingerprint density at radius 2 is 2.11 bits per heavy atom. The van der Waals surface area contributed by atoms with Crippen molar-refractivity contribution < 1.29 is 4.39 Å². The van der Waals surface area contributed by atoms with Gasteiger partial charge in [-0.05, 0) is 56.5 Å². The monoisotopic (exact) mass is 259 g/mol. The van der Waals surface area contributed by atoms with Crippen LogP contribution in [-0.2, 0) is 19.4 Å². The lowest BCUT2D eigenvalue weighted by molar-refractivity contribution is 0.620. The van der Waals surface area contributed by atoms with Crippen molar-refractivity contribution in [3.05, 3.63) is 47.3 Å². The van der Waals surface area contributed by atoms with E-state index in [2.05, 4.69) is 10.3 Å². The Hall–Kier alpha value is -1.68. The lowest BCUT2D eigenvalue weighted by Gasteiger charge is -2.15. The number of fused-ring (bicyclic) bond motifs is 1. The fourth-order valence-electron chi connectivity index (χ4n) is 2.77. The first-order chi connectivity index (χ1) is 9.28. The van der Waals surface area contributed by atoms with E-state index in [0.29, 0.717) is 6.54 Å². The molecule has 0 aliphatic heterocycles. The highest BCUT2D eigenvalue weighted by molar-refractivity contribution is 5.40. The summed E-state index contributed by atoms with van der Waals surface area (Å²) in [6.45, 7) is 0.668. The minimum Gasteiger partial charge on any atom is -0.316 e. The van der Waals surface area contributed by atoms with E-state index in [-0.39, 0.29) is 5.82 Å². The molecule has 1 aromatic carbocycles. The fourth-order valence-corrected chi connectivity index (χ4v) is 2.77. The molecular weight excluding hydrogens is 241 g/mol. The summed E-state index contributed by atoms with van der Waals surface area (Å²) >= 11 is 0. The van der Waals surface area contributed by atoms with Crippen molar-refractivity contribution in [2.45, 2.75) is 32.2 Å². The Bertz CT molecular complexity index is 589. The molecule has 0 saturated heterocycles. The van der Waals surface area contributed by atoms with Gasteiger partial charge in [-0.3, -0.25) is 0 Å². The van der Waals surface area contributed by atoms with Gasteiger partial charge in [0.1, 0.15) is 5.82 Å². The molecule has 2 aromatic rings. The van der Waals surface area contributed by atoms with Crippen LogP contribution in [0.3, 0.4) is 0 Å². The molecular formula is C15H18FN3. The quantitative estimate of drug-likeness (QED) is 0.918. The Kier molecular flexibility index (Phi) is 3.34. The first-order valence-electron chi connectivity index (χ1n) is 6.77. The molecule has 100 valence electrons. The van der Waals surface area contributed by atoms with Gasteiger partial charge in [-0.25, -0.2) is 9.37 Å². The number of aromatic nitrogens is 2. The molecule has 1 heterocycles. The third-order valence-corrected chi connectivity index (χ3v) is 3.63. The number of halogens is 1. The molecule has 0 amide bonds. The van der Waals surface area contributed by atoms with Gasteiger partial charge in [-0.2, -0.15) is 0 Å². The van der Waals surface area contributed by atoms with Gasteiger partial charge in [0.05, 0.1) is 12.0 Å². The highest BCUT2D eigenvalue weighted by Gasteiger charge is 2.16. The van der Waals surface area contributed by atoms with Gasteiger partial charge in [-0.1, -0.05) is 0 Å². The second-order valence-electron chi connectivity index (χ2n) is 5.06. The van der Waals surface area contributed by atoms with Crippen LogP contribution in [-0.4, -0.2) is 16.6 Å². The highest BCUT2D eigenvalue weighted by Crippen LogP contribution is 2.24. The van der Waals surface area contributed by atoms with Gasteiger partial charge in [0.2, 0.25) is 0 Å². The highest BCUT2D eigenvalue weighted by atomic mass is 19.1. The van der Waals surface area contributed by atoms with E-state index in [1.807, 2.05) is 24.0 Å². The second kappa shape index (κ2) is 5.13. The summed E-state index contributed by atoms with van der Waals surface area (Å²) in [6.07, 6.45) is 6.30. The number of hydrogen-bond donors (Lipinski definition) is 1. The number of aryl methyl sites for hydroxylation is 1. The van der Waals surface area contributed by atoms with Gasteiger partial charge < -0.3 is 9.88 Å². The van der Waals surface area contributed by atoms with Crippen LogP contribution >= 0.6 is 0 Å². The Balaban J connectivity index is 2.04. The topological polar surface area (TPSA) is 29.9 Å². The molecule has 4 heteroatoms. The Morgan fingerprint density at radius 1 is 1.26 bits per heavy atom. The first-order valence-corrected chi connectivity index (χ1v) is 6.77. The fraction of sp³-hybridized carbons (Fsp3) is 0.400. The zero-order valence-corrected chi connectivity index (χ0v) is 11.1. The molecule has 0 atom stereocenters. The summed E-state index contributed by atoms with van der Waals surface area (Å²) in [5, 5.41) is 3.05. The van der Waals surface area contributed by atoms with Gasteiger partial charge in [0, 0.05) is 17.9 Å². The maximum atomic E-state index is 13.7.